The van der Waals surface area contributed by atoms with Gasteiger partial charge in [0.2, 0.25) is 0 Å². The Hall–Kier alpha value is -2.67. The minimum atomic E-state index is -0.490. The predicted molar refractivity (Wildman–Crippen MR) is 103 cm³/mol. The number of halogens is 1. The third kappa shape index (κ3) is 4.54. The maximum Gasteiger partial charge on any atom is 0.274 e. The fourth-order valence-electron chi connectivity index (χ4n) is 3.08. The van der Waals surface area contributed by atoms with E-state index in [0.717, 1.165) is 25.7 Å². The Kier molecular flexibility index (Phi) is 5.91. The maximum absolute atomic E-state index is 12.8. The number of nitrogens with zero attached hydrogens (tertiary/aromatic N) is 3. The molecule has 0 bridgehead atoms. The Bertz CT molecular complexity index is 900. The van der Waals surface area contributed by atoms with Gasteiger partial charge in [0, 0.05) is 32.5 Å². The zero-order valence-corrected chi connectivity index (χ0v) is 15.8. The van der Waals surface area contributed by atoms with Crippen LogP contribution in [0.1, 0.15) is 46.4 Å². The van der Waals surface area contributed by atoms with Crippen LogP contribution in [0.2, 0.25) is 5.15 Å². The Morgan fingerprint density at radius 3 is 2.44 bits per heavy atom. The van der Waals surface area contributed by atoms with E-state index in [1.54, 1.807) is 7.05 Å². The van der Waals surface area contributed by atoms with E-state index in [1.807, 2.05) is 4.90 Å². The summed E-state index contributed by atoms with van der Waals surface area (Å²) in [6.07, 6.45) is 7.03. The van der Waals surface area contributed by atoms with Crippen LogP contribution in [0.3, 0.4) is 0 Å². The first-order valence-corrected chi connectivity index (χ1v) is 9.26. The molecule has 0 radical (unpaired) electrons. The van der Waals surface area contributed by atoms with Crippen molar-refractivity contribution < 1.29 is 9.59 Å². The van der Waals surface area contributed by atoms with Gasteiger partial charge < -0.3 is 14.8 Å². The molecule has 1 aliphatic rings. The number of anilines is 1. The van der Waals surface area contributed by atoms with Gasteiger partial charge in [-0.2, -0.15) is 0 Å². The summed E-state index contributed by atoms with van der Waals surface area (Å²) < 4.78 is 1.31. The van der Waals surface area contributed by atoms with Gasteiger partial charge in [-0.1, -0.05) is 24.4 Å². The number of rotatable bonds is 3. The number of aryl methyl sites for hydroxylation is 1. The van der Waals surface area contributed by atoms with Gasteiger partial charge in [-0.05, 0) is 31.0 Å². The quantitative estimate of drug-likeness (QED) is 0.819. The summed E-state index contributed by atoms with van der Waals surface area (Å²) in [5.41, 5.74) is 0.310. The van der Waals surface area contributed by atoms with Crippen molar-refractivity contribution in [2.45, 2.75) is 25.7 Å². The molecule has 2 aromatic rings. The molecule has 3 heterocycles. The van der Waals surface area contributed by atoms with Crippen molar-refractivity contribution >= 4 is 29.1 Å². The predicted octanol–water partition coefficient (Wildman–Crippen LogP) is 2.70. The number of aromatic nitrogens is 2. The lowest BCUT2D eigenvalue weighted by molar-refractivity contribution is 0.0760. The van der Waals surface area contributed by atoms with Crippen LogP contribution in [0.15, 0.2) is 35.4 Å². The summed E-state index contributed by atoms with van der Waals surface area (Å²) in [5.74, 6) is -0.619. The summed E-state index contributed by atoms with van der Waals surface area (Å²) >= 11 is 5.73. The van der Waals surface area contributed by atoms with E-state index in [4.69, 9.17) is 11.6 Å². The third-order valence-corrected chi connectivity index (χ3v) is 4.78. The molecule has 0 aromatic carbocycles. The number of amides is 2. The van der Waals surface area contributed by atoms with Crippen molar-refractivity contribution in [1.82, 2.24) is 14.5 Å². The molecule has 1 aliphatic heterocycles. The normalized spacial score (nSPS) is 14.5. The molecule has 0 spiro atoms. The SMILES string of the molecule is Cn1cc(C(=O)N2CCCCCC2)cc(NC(=O)c2ccc(Cl)nc2)c1=O. The Labute approximate surface area is 162 Å². The molecular formula is C19H21ClN4O3. The van der Waals surface area contributed by atoms with Crippen molar-refractivity contribution in [2.75, 3.05) is 18.4 Å². The van der Waals surface area contributed by atoms with E-state index >= 15 is 0 Å². The lowest BCUT2D eigenvalue weighted by Gasteiger charge is -2.21. The van der Waals surface area contributed by atoms with Crippen LogP contribution in [0, 0.1) is 0 Å². The van der Waals surface area contributed by atoms with E-state index in [1.165, 1.54) is 35.2 Å². The van der Waals surface area contributed by atoms with Crippen LogP contribution in [0.4, 0.5) is 5.69 Å². The largest absolute Gasteiger partial charge is 0.339 e. The summed E-state index contributed by atoms with van der Waals surface area (Å²) in [7, 11) is 1.56. The number of carbonyl (C=O) groups excluding carboxylic acids is 2. The van der Waals surface area contributed by atoms with Gasteiger partial charge >= 0.3 is 0 Å². The van der Waals surface area contributed by atoms with E-state index in [0.29, 0.717) is 18.7 Å². The highest BCUT2D eigenvalue weighted by molar-refractivity contribution is 6.29. The minimum absolute atomic E-state index is 0.0538. The molecule has 142 valence electrons. The van der Waals surface area contributed by atoms with Crippen molar-refractivity contribution in [2.24, 2.45) is 7.05 Å². The van der Waals surface area contributed by atoms with Crippen molar-refractivity contribution in [1.29, 1.82) is 0 Å². The van der Waals surface area contributed by atoms with Gasteiger partial charge in [-0.3, -0.25) is 14.4 Å². The van der Waals surface area contributed by atoms with Crippen LogP contribution in [-0.2, 0) is 7.05 Å². The third-order valence-electron chi connectivity index (χ3n) is 4.56. The zero-order chi connectivity index (χ0) is 19.4. The Balaban J connectivity index is 1.85. The first-order chi connectivity index (χ1) is 13.0. The maximum atomic E-state index is 12.8. The number of likely N-dealkylation sites (tertiary alicyclic amines) is 1. The van der Waals surface area contributed by atoms with Gasteiger partial charge in [0.25, 0.3) is 17.4 Å². The van der Waals surface area contributed by atoms with E-state index in [-0.39, 0.29) is 22.3 Å². The molecule has 0 atom stereocenters. The summed E-state index contributed by atoms with van der Waals surface area (Å²) in [4.78, 5) is 43.3. The molecule has 0 saturated carbocycles. The van der Waals surface area contributed by atoms with Gasteiger partial charge in [0.05, 0.1) is 11.1 Å². The fourth-order valence-corrected chi connectivity index (χ4v) is 3.19. The van der Waals surface area contributed by atoms with Crippen LogP contribution in [0.5, 0.6) is 0 Å². The molecule has 1 fully saturated rings. The average molecular weight is 389 g/mol. The number of hydrogen-bond acceptors (Lipinski definition) is 4. The first kappa shape index (κ1) is 19.1. The van der Waals surface area contributed by atoms with Crippen LogP contribution >= 0.6 is 11.6 Å². The second-order valence-corrected chi connectivity index (χ2v) is 6.98. The van der Waals surface area contributed by atoms with Gasteiger partial charge in [0.15, 0.2) is 0 Å². The molecule has 7 nitrogen and oxygen atoms in total. The number of carbonyl (C=O) groups is 2. The lowest BCUT2D eigenvalue weighted by atomic mass is 10.2. The molecule has 0 unspecified atom stereocenters. The fraction of sp³-hybridized carbons (Fsp3) is 0.368. The smallest absolute Gasteiger partial charge is 0.274 e. The topological polar surface area (TPSA) is 84.3 Å². The zero-order valence-electron chi connectivity index (χ0n) is 15.1. The number of nitrogens with one attached hydrogen (secondary N) is 1. The second-order valence-electron chi connectivity index (χ2n) is 6.59. The summed E-state index contributed by atoms with van der Waals surface area (Å²) in [6.45, 7) is 1.42. The second kappa shape index (κ2) is 8.35. The van der Waals surface area contributed by atoms with Crippen molar-refractivity contribution in [3.8, 4) is 0 Å². The summed E-state index contributed by atoms with van der Waals surface area (Å²) in [5, 5.41) is 2.84. The van der Waals surface area contributed by atoms with Crippen LogP contribution in [-0.4, -0.2) is 39.4 Å². The lowest BCUT2D eigenvalue weighted by Crippen LogP contribution is -2.33. The molecule has 0 aliphatic carbocycles. The Morgan fingerprint density at radius 1 is 1.11 bits per heavy atom. The standard InChI is InChI=1S/C19H21ClN4O3/c1-23-12-14(18(26)24-8-4-2-3-5-9-24)10-15(19(23)27)22-17(25)13-6-7-16(20)21-11-13/h6-7,10-12H,2-5,8-9H2,1H3,(H,22,25). The highest BCUT2D eigenvalue weighted by atomic mass is 35.5. The highest BCUT2D eigenvalue weighted by Gasteiger charge is 2.20. The van der Waals surface area contributed by atoms with E-state index in [9.17, 15) is 14.4 Å². The monoisotopic (exact) mass is 388 g/mol. The van der Waals surface area contributed by atoms with E-state index in [2.05, 4.69) is 10.3 Å². The molecule has 2 aromatic heterocycles. The molecular weight excluding hydrogens is 368 g/mol. The van der Waals surface area contributed by atoms with Crippen LogP contribution in [0.25, 0.3) is 0 Å². The molecule has 2 amide bonds. The summed E-state index contributed by atoms with van der Waals surface area (Å²) in [6, 6.07) is 4.45. The average Bonchev–Trinajstić information content (AvgIpc) is 2.94. The highest BCUT2D eigenvalue weighted by Crippen LogP contribution is 2.15. The Morgan fingerprint density at radius 2 is 1.81 bits per heavy atom. The molecule has 3 rings (SSSR count). The van der Waals surface area contributed by atoms with Gasteiger partial charge in [0.1, 0.15) is 10.8 Å². The van der Waals surface area contributed by atoms with Gasteiger partial charge in [-0.25, -0.2) is 4.98 Å². The van der Waals surface area contributed by atoms with E-state index < -0.39 is 11.5 Å². The van der Waals surface area contributed by atoms with Gasteiger partial charge in [-0.15, -0.1) is 0 Å². The van der Waals surface area contributed by atoms with Crippen LogP contribution < -0.4 is 10.9 Å². The van der Waals surface area contributed by atoms with Crippen molar-refractivity contribution in [3.05, 3.63) is 57.2 Å². The molecule has 8 heteroatoms. The minimum Gasteiger partial charge on any atom is -0.339 e. The molecule has 1 saturated heterocycles. The van der Waals surface area contributed by atoms with Crippen molar-refractivity contribution in [3.63, 3.8) is 0 Å². The molecule has 27 heavy (non-hydrogen) atoms. The first-order valence-electron chi connectivity index (χ1n) is 8.88. The number of pyridine rings is 2. The number of hydrogen-bond donors (Lipinski definition) is 1. The molecule has 1 N–H and O–H groups in total.